The van der Waals surface area contributed by atoms with Crippen LogP contribution in [-0.4, -0.2) is 41.7 Å². The summed E-state index contributed by atoms with van der Waals surface area (Å²) in [6.45, 7) is 0.00412. The van der Waals surface area contributed by atoms with Gasteiger partial charge >= 0.3 is 0 Å². The molecule has 8 nitrogen and oxygen atoms in total. The summed E-state index contributed by atoms with van der Waals surface area (Å²) in [6.07, 6.45) is 5.94. The van der Waals surface area contributed by atoms with Gasteiger partial charge in [-0.1, -0.05) is 0 Å². The number of nitrogens with zero attached hydrogens (tertiary/aromatic N) is 4. The molecule has 0 radical (unpaired) electrons. The average Bonchev–Trinajstić information content (AvgIpc) is 3.17. The van der Waals surface area contributed by atoms with Gasteiger partial charge in [0.15, 0.2) is 5.52 Å². The molecule has 0 unspecified atom stereocenters. The van der Waals surface area contributed by atoms with Gasteiger partial charge < -0.3 is 14.8 Å². The molecule has 3 aromatic rings. The van der Waals surface area contributed by atoms with E-state index in [1.165, 1.54) is 4.40 Å². The van der Waals surface area contributed by atoms with E-state index in [1.54, 1.807) is 23.3 Å². The van der Waals surface area contributed by atoms with Crippen LogP contribution in [0.3, 0.4) is 0 Å². The summed E-state index contributed by atoms with van der Waals surface area (Å²) in [5.74, 6) is 0.473. The minimum atomic E-state index is -0.217. The Morgan fingerprint density at radius 1 is 1.45 bits per heavy atom. The van der Waals surface area contributed by atoms with Gasteiger partial charge in [0.05, 0.1) is 19.0 Å². The zero-order valence-corrected chi connectivity index (χ0v) is 10.6. The van der Waals surface area contributed by atoms with Crippen LogP contribution in [0.15, 0.2) is 23.5 Å². The highest BCUT2D eigenvalue weighted by Crippen LogP contribution is 2.29. The molecule has 0 aromatic carbocycles. The van der Waals surface area contributed by atoms with Crippen molar-refractivity contribution < 1.29 is 9.84 Å². The van der Waals surface area contributed by atoms with Crippen molar-refractivity contribution in [2.24, 2.45) is 0 Å². The number of nitrogens with one attached hydrogen (secondary N) is 1. The molecule has 4 rings (SSSR count). The first-order valence-corrected chi connectivity index (χ1v) is 6.46. The molecule has 2 atom stereocenters. The third-order valence-corrected chi connectivity index (χ3v) is 3.69. The second-order valence-corrected chi connectivity index (χ2v) is 4.87. The molecule has 1 saturated heterocycles. The zero-order valence-electron chi connectivity index (χ0n) is 10.6. The maximum atomic E-state index is 12.2. The molecule has 4 heterocycles. The fraction of sp³-hybridized carbons (Fsp3) is 0.417. The summed E-state index contributed by atoms with van der Waals surface area (Å²) >= 11 is 0. The minimum absolute atomic E-state index is 0.00412. The maximum Gasteiger partial charge on any atom is 0.287 e. The highest BCUT2D eigenvalue weighted by molar-refractivity contribution is 5.71. The predicted octanol–water partition coefficient (Wildman–Crippen LogP) is 0.0422. The number of fused-ring (bicyclic) bond motifs is 2. The van der Waals surface area contributed by atoms with Gasteiger partial charge in [-0.15, -0.1) is 0 Å². The number of hydrogen-bond acceptors (Lipinski definition) is 5. The Morgan fingerprint density at radius 3 is 3.15 bits per heavy atom. The van der Waals surface area contributed by atoms with Gasteiger partial charge in [0.25, 0.3) is 5.56 Å². The van der Waals surface area contributed by atoms with Crippen molar-refractivity contribution in [1.82, 2.24) is 23.9 Å². The number of ether oxygens (including phenoxy) is 1. The molecule has 1 aliphatic rings. The molecule has 1 aliphatic heterocycles. The Morgan fingerprint density at radius 2 is 2.35 bits per heavy atom. The van der Waals surface area contributed by atoms with Gasteiger partial charge in [-0.05, 0) is 12.8 Å². The first kappa shape index (κ1) is 11.6. The van der Waals surface area contributed by atoms with Gasteiger partial charge in [-0.3, -0.25) is 9.36 Å². The van der Waals surface area contributed by atoms with Crippen LogP contribution in [0.1, 0.15) is 19.1 Å². The standard InChI is InChI=1S/C12H13N5O3/c18-5-7-1-2-8(20-7)17-6-14-9-10(17)15-12-13-3-4-16(12)11(9)19/h3-4,6-8,18H,1-2,5H2,(H,13,15)/t7-,8+/m0/s1. The Bertz CT molecular complexity index is 832. The summed E-state index contributed by atoms with van der Waals surface area (Å²) in [5.41, 5.74) is 0.741. The molecule has 0 amide bonds. The summed E-state index contributed by atoms with van der Waals surface area (Å²) in [4.78, 5) is 23.6. The molecule has 0 aliphatic carbocycles. The van der Waals surface area contributed by atoms with Crippen LogP contribution in [0.4, 0.5) is 0 Å². The quantitative estimate of drug-likeness (QED) is 0.688. The number of aliphatic hydroxyl groups excluding tert-OH is 1. The lowest BCUT2D eigenvalue weighted by Gasteiger charge is -2.14. The van der Waals surface area contributed by atoms with E-state index in [0.717, 1.165) is 12.8 Å². The molecule has 8 heteroatoms. The Hall–Kier alpha value is -2.19. The molecule has 3 aromatic heterocycles. The van der Waals surface area contributed by atoms with Crippen LogP contribution in [0, 0.1) is 0 Å². The number of aromatic amines is 1. The molecule has 20 heavy (non-hydrogen) atoms. The second-order valence-electron chi connectivity index (χ2n) is 4.87. The van der Waals surface area contributed by atoms with E-state index in [2.05, 4.69) is 15.0 Å². The van der Waals surface area contributed by atoms with Crippen LogP contribution in [-0.2, 0) is 4.74 Å². The van der Waals surface area contributed by atoms with Crippen LogP contribution >= 0.6 is 0 Å². The first-order valence-electron chi connectivity index (χ1n) is 6.46. The summed E-state index contributed by atoms with van der Waals surface area (Å²) in [5, 5.41) is 9.13. The van der Waals surface area contributed by atoms with E-state index in [0.29, 0.717) is 16.9 Å². The molecule has 0 bridgehead atoms. The second kappa shape index (κ2) is 4.15. The zero-order chi connectivity index (χ0) is 13.7. The van der Waals surface area contributed by atoms with Crippen molar-refractivity contribution >= 4 is 16.9 Å². The molecule has 0 saturated carbocycles. The molecular formula is C12H13N5O3. The van der Waals surface area contributed by atoms with Crippen molar-refractivity contribution in [3.63, 3.8) is 0 Å². The highest BCUT2D eigenvalue weighted by Gasteiger charge is 2.27. The van der Waals surface area contributed by atoms with E-state index < -0.39 is 0 Å². The van der Waals surface area contributed by atoms with Crippen LogP contribution < -0.4 is 5.56 Å². The fourth-order valence-corrected chi connectivity index (χ4v) is 2.67. The van der Waals surface area contributed by atoms with Crippen molar-refractivity contribution in [1.29, 1.82) is 0 Å². The van der Waals surface area contributed by atoms with Gasteiger partial charge in [0.1, 0.15) is 11.9 Å². The molecule has 1 fully saturated rings. The number of aliphatic hydroxyl groups is 1. The van der Waals surface area contributed by atoms with Crippen molar-refractivity contribution in [2.75, 3.05) is 6.61 Å². The lowest BCUT2D eigenvalue weighted by molar-refractivity contribution is -0.0207. The molecular weight excluding hydrogens is 262 g/mol. The van der Waals surface area contributed by atoms with E-state index in [4.69, 9.17) is 9.84 Å². The average molecular weight is 275 g/mol. The SMILES string of the molecule is O=c1c2ncn([C@H]3CC[C@@H](CO)O3)c2[nH]c2nccn12. The lowest BCUT2D eigenvalue weighted by atomic mass is 10.2. The van der Waals surface area contributed by atoms with E-state index in [1.807, 2.05) is 0 Å². The van der Waals surface area contributed by atoms with Crippen LogP contribution in [0.5, 0.6) is 0 Å². The van der Waals surface area contributed by atoms with E-state index in [-0.39, 0.29) is 24.5 Å². The van der Waals surface area contributed by atoms with Crippen molar-refractivity contribution in [3.8, 4) is 0 Å². The number of H-pyrrole nitrogens is 1. The van der Waals surface area contributed by atoms with E-state index >= 15 is 0 Å². The minimum Gasteiger partial charge on any atom is -0.394 e. The van der Waals surface area contributed by atoms with E-state index in [9.17, 15) is 4.79 Å². The van der Waals surface area contributed by atoms with Gasteiger partial charge in [0.2, 0.25) is 5.78 Å². The number of rotatable bonds is 2. The smallest absolute Gasteiger partial charge is 0.287 e. The maximum absolute atomic E-state index is 12.2. The third-order valence-electron chi connectivity index (χ3n) is 3.69. The summed E-state index contributed by atoms with van der Waals surface area (Å²) in [6, 6.07) is 0. The fourth-order valence-electron chi connectivity index (χ4n) is 2.67. The molecule has 0 spiro atoms. The molecule has 104 valence electrons. The highest BCUT2D eigenvalue weighted by atomic mass is 16.5. The Labute approximate surface area is 112 Å². The Kier molecular flexibility index (Phi) is 2.41. The van der Waals surface area contributed by atoms with Gasteiger partial charge in [0, 0.05) is 12.4 Å². The monoisotopic (exact) mass is 275 g/mol. The number of aromatic nitrogens is 5. The Balaban J connectivity index is 1.89. The predicted molar refractivity (Wildman–Crippen MR) is 69.3 cm³/mol. The third kappa shape index (κ3) is 1.52. The van der Waals surface area contributed by atoms with Gasteiger partial charge in [-0.25, -0.2) is 14.4 Å². The van der Waals surface area contributed by atoms with Crippen molar-refractivity contribution in [2.45, 2.75) is 25.2 Å². The van der Waals surface area contributed by atoms with Crippen molar-refractivity contribution in [3.05, 3.63) is 29.1 Å². The number of hydrogen-bond donors (Lipinski definition) is 2. The van der Waals surface area contributed by atoms with Crippen LogP contribution in [0.2, 0.25) is 0 Å². The lowest BCUT2D eigenvalue weighted by Crippen LogP contribution is -2.16. The first-order chi connectivity index (χ1) is 9.78. The van der Waals surface area contributed by atoms with Gasteiger partial charge in [-0.2, -0.15) is 0 Å². The summed E-state index contributed by atoms with van der Waals surface area (Å²) in [7, 11) is 0. The number of imidazole rings is 2. The topological polar surface area (TPSA) is 97.4 Å². The normalized spacial score (nSPS) is 23.1. The summed E-state index contributed by atoms with van der Waals surface area (Å²) < 4.78 is 8.94. The van der Waals surface area contributed by atoms with Crippen LogP contribution in [0.25, 0.3) is 16.9 Å². The molecule has 2 N–H and O–H groups in total. The largest absolute Gasteiger partial charge is 0.394 e.